The number of anilines is 1. The maximum atomic E-state index is 12.8. The van der Waals surface area contributed by atoms with Gasteiger partial charge in [0, 0.05) is 24.2 Å². The first-order valence-electron chi connectivity index (χ1n) is 8.28. The minimum Gasteiger partial charge on any atom is -0.321 e. The fraction of sp³-hybridized carbons (Fsp3) is 0.400. The maximum absolute atomic E-state index is 12.8. The number of hydrogen-bond acceptors (Lipinski definition) is 2. The molecule has 4 nitrogen and oxygen atoms in total. The van der Waals surface area contributed by atoms with Gasteiger partial charge in [0.25, 0.3) is 5.91 Å². The highest BCUT2D eigenvalue weighted by atomic mass is 16.1. The minimum atomic E-state index is -0.104. The molecule has 0 aliphatic heterocycles. The molecule has 1 aromatic carbocycles. The molecule has 0 radical (unpaired) electrons. The zero-order valence-corrected chi connectivity index (χ0v) is 15.5. The number of benzene rings is 1. The largest absolute Gasteiger partial charge is 0.321 e. The molecular formula is C20H25N3O. The Balaban J connectivity index is 2.10. The van der Waals surface area contributed by atoms with Crippen LogP contribution in [0.1, 0.15) is 60.4 Å². The van der Waals surface area contributed by atoms with Gasteiger partial charge in [-0.1, -0.05) is 31.6 Å². The van der Waals surface area contributed by atoms with Gasteiger partial charge in [0.2, 0.25) is 0 Å². The molecule has 4 heteroatoms. The lowest BCUT2D eigenvalue weighted by Gasteiger charge is -2.23. The zero-order valence-electron chi connectivity index (χ0n) is 15.5. The molecule has 1 aliphatic carbocycles. The van der Waals surface area contributed by atoms with Crippen molar-refractivity contribution >= 4 is 17.2 Å². The number of aryl methyl sites for hydroxylation is 3. The van der Waals surface area contributed by atoms with Crippen molar-refractivity contribution in [1.82, 2.24) is 9.78 Å². The molecule has 0 saturated carbocycles. The van der Waals surface area contributed by atoms with E-state index in [4.69, 9.17) is 0 Å². The second-order valence-corrected chi connectivity index (χ2v) is 7.31. The van der Waals surface area contributed by atoms with Gasteiger partial charge in [-0.15, -0.1) is 0 Å². The van der Waals surface area contributed by atoms with Crippen molar-refractivity contribution in [2.45, 2.75) is 47.0 Å². The normalized spacial score (nSPS) is 15.6. The summed E-state index contributed by atoms with van der Waals surface area (Å²) in [5.41, 5.74) is 8.42. The van der Waals surface area contributed by atoms with E-state index in [1.807, 2.05) is 20.9 Å². The fourth-order valence-corrected chi connectivity index (χ4v) is 3.64. The van der Waals surface area contributed by atoms with Crippen molar-refractivity contribution in [3.8, 4) is 0 Å². The average Bonchev–Trinajstić information content (AvgIpc) is 2.92. The van der Waals surface area contributed by atoms with Crippen LogP contribution >= 0.6 is 0 Å². The Morgan fingerprint density at radius 1 is 1.17 bits per heavy atom. The molecule has 2 aromatic rings. The Morgan fingerprint density at radius 3 is 2.42 bits per heavy atom. The van der Waals surface area contributed by atoms with Crippen molar-refractivity contribution in [3.05, 3.63) is 51.9 Å². The standard InChI is InChI=1S/C20H25N3O/c1-11-8-9-16-17(12(2)13(3)20(16,5)6)18(11)21-19(24)15-10-23(7)22-14(15)4/h8-10H,1-7H3,(H,21,24). The van der Waals surface area contributed by atoms with Crippen LogP contribution in [0.2, 0.25) is 0 Å². The van der Waals surface area contributed by atoms with Crippen molar-refractivity contribution in [3.63, 3.8) is 0 Å². The first kappa shape index (κ1) is 16.5. The molecule has 1 N–H and O–H groups in total. The second kappa shape index (κ2) is 5.33. The number of carbonyl (C=O) groups excluding carboxylic acids is 1. The Bertz CT molecular complexity index is 885. The van der Waals surface area contributed by atoms with E-state index in [1.54, 1.807) is 10.9 Å². The summed E-state index contributed by atoms with van der Waals surface area (Å²) in [7, 11) is 1.83. The van der Waals surface area contributed by atoms with Gasteiger partial charge in [-0.2, -0.15) is 5.10 Å². The Morgan fingerprint density at radius 2 is 1.83 bits per heavy atom. The van der Waals surface area contributed by atoms with Gasteiger partial charge < -0.3 is 5.32 Å². The van der Waals surface area contributed by atoms with E-state index >= 15 is 0 Å². The van der Waals surface area contributed by atoms with Crippen LogP contribution in [-0.4, -0.2) is 15.7 Å². The molecule has 0 atom stereocenters. The number of carbonyl (C=O) groups is 1. The van der Waals surface area contributed by atoms with Crippen LogP contribution in [0.4, 0.5) is 5.69 Å². The lowest BCUT2D eigenvalue weighted by atomic mass is 9.81. The van der Waals surface area contributed by atoms with Gasteiger partial charge >= 0.3 is 0 Å². The molecule has 0 fully saturated rings. The first-order valence-corrected chi connectivity index (χ1v) is 8.28. The molecule has 1 amide bonds. The summed E-state index contributed by atoms with van der Waals surface area (Å²) in [5.74, 6) is -0.104. The van der Waals surface area contributed by atoms with Crippen molar-refractivity contribution in [2.75, 3.05) is 5.32 Å². The highest BCUT2D eigenvalue weighted by molar-refractivity contribution is 6.07. The number of rotatable bonds is 2. The molecule has 126 valence electrons. The molecular weight excluding hydrogens is 298 g/mol. The predicted octanol–water partition coefficient (Wildman–Crippen LogP) is 4.37. The quantitative estimate of drug-likeness (QED) is 0.892. The number of nitrogens with zero attached hydrogens (tertiary/aromatic N) is 2. The van der Waals surface area contributed by atoms with Crippen LogP contribution in [-0.2, 0) is 12.5 Å². The molecule has 3 rings (SSSR count). The third-order valence-electron chi connectivity index (χ3n) is 5.46. The monoisotopic (exact) mass is 323 g/mol. The lowest BCUT2D eigenvalue weighted by Crippen LogP contribution is -2.18. The maximum Gasteiger partial charge on any atom is 0.259 e. The van der Waals surface area contributed by atoms with Gasteiger partial charge in [-0.05, 0) is 44.4 Å². The molecule has 1 aliphatic rings. The van der Waals surface area contributed by atoms with E-state index in [9.17, 15) is 4.79 Å². The molecule has 0 saturated heterocycles. The zero-order chi connectivity index (χ0) is 17.8. The predicted molar refractivity (Wildman–Crippen MR) is 98.4 cm³/mol. The summed E-state index contributed by atoms with van der Waals surface area (Å²) in [4.78, 5) is 12.8. The highest BCUT2D eigenvalue weighted by Crippen LogP contribution is 2.49. The summed E-state index contributed by atoms with van der Waals surface area (Å²) in [5, 5.41) is 7.41. The van der Waals surface area contributed by atoms with E-state index in [1.165, 1.54) is 22.3 Å². The van der Waals surface area contributed by atoms with E-state index < -0.39 is 0 Å². The van der Waals surface area contributed by atoms with Gasteiger partial charge in [0.15, 0.2) is 0 Å². The van der Waals surface area contributed by atoms with Crippen LogP contribution < -0.4 is 5.32 Å². The topological polar surface area (TPSA) is 46.9 Å². The number of hydrogen-bond donors (Lipinski definition) is 1. The van der Waals surface area contributed by atoms with Crippen LogP contribution in [0.3, 0.4) is 0 Å². The molecule has 24 heavy (non-hydrogen) atoms. The van der Waals surface area contributed by atoms with Crippen molar-refractivity contribution < 1.29 is 4.79 Å². The molecule has 0 bridgehead atoms. The highest BCUT2D eigenvalue weighted by Gasteiger charge is 2.35. The second-order valence-electron chi connectivity index (χ2n) is 7.31. The molecule has 0 unspecified atom stereocenters. The smallest absolute Gasteiger partial charge is 0.259 e. The van der Waals surface area contributed by atoms with Crippen LogP contribution in [0.25, 0.3) is 5.57 Å². The number of amides is 1. The summed E-state index contributed by atoms with van der Waals surface area (Å²) in [6.45, 7) is 12.7. The molecule has 1 aromatic heterocycles. The third-order valence-corrected chi connectivity index (χ3v) is 5.46. The Kier molecular flexibility index (Phi) is 3.67. The number of fused-ring (bicyclic) bond motifs is 1. The SMILES string of the molecule is CC1=C(C)C(C)(C)c2ccc(C)c(NC(=O)c3cn(C)nc3C)c21. The van der Waals surface area contributed by atoms with Crippen LogP contribution in [0, 0.1) is 13.8 Å². The molecule has 0 spiro atoms. The number of nitrogens with one attached hydrogen (secondary N) is 1. The van der Waals surface area contributed by atoms with Gasteiger partial charge in [-0.25, -0.2) is 0 Å². The van der Waals surface area contributed by atoms with Crippen molar-refractivity contribution in [2.24, 2.45) is 7.05 Å². The van der Waals surface area contributed by atoms with E-state index in [2.05, 4.69) is 50.2 Å². The summed E-state index contributed by atoms with van der Waals surface area (Å²) in [6, 6.07) is 4.29. The van der Waals surface area contributed by atoms with E-state index in [0.717, 1.165) is 16.9 Å². The third kappa shape index (κ3) is 2.29. The average molecular weight is 323 g/mol. The van der Waals surface area contributed by atoms with Gasteiger partial charge in [0.05, 0.1) is 16.9 Å². The van der Waals surface area contributed by atoms with Crippen molar-refractivity contribution in [1.29, 1.82) is 0 Å². The number of aromatic nitrogens is 2. The Labute approximate surface area is 143 Å². The lowest BCUT2D eigenvalue weighted by molar-refractivity contribution is 0.102. The van der Waals surface area contributed by atoms with Crippen LogP contribution in [0.5, 0.6) is 0 Å². The van der Waals surface area contributed by atoms with Crippen LogP contribution in [0.15, 0.2) is 23.9 Å². The van der Waals surface area contributed by atoms with E-state index in [-0.39, 0.29) is 11.3 Å². The van der Waals surface area contributed by atoms with Gasteiger partial charge in [-0.3, -0.25) is 9.48 Å². The van der Waals surface area contributed by atoms with E-state index in [0.29, 0.717) is 5.56 Å². The Hall–Kier alpha value is -2.36. The first-order chi connectivity index (χ1) is 11.1. The summed E-state index contributed by atoms with van der Waals surface area (Å²) < 4.78 is 1.67. The van der Waals surface area contributed by atoms with Gasteiger partial charge in [0.1, 0.15) is 0 Å². The minimum absolute atomic E-state index is 0.00316. The number of allylic oxidation sites excluding steroid dienone is 2. The summed E-state index contributed by atoms with van der Waals surface area (Å²) in [6.07, 6.45) is 1.76. The summed E-state index contributed by atoms with van der Waals surface area (Å²) >= 11 is 0. The fourth-order valence-electron chi connectivity index (χ4n) is 3.64. The molecule has 1 heterocycles.